The van der Waals surface area contributed by atoms with Crippen LogP contribution in [0.4, 0.5) is 5.69 Å². The molecule has 0 radical (unpaired) electrons. The summed E-state index contributed by atoms with van der Waals surface area (Å²) in [6.45, 7) is 0. The normalized spacial score (nSPS) is 18.0. The molecule has 0 spiro atoms. The van der Waals surface area contributed by atoms with Gasteiger partial charge in [-0.25, -0.2) is 0 Å². The van der Waals surface area contributed by atoms with Gasteiger partial charge in [-0.1, -0.05) is 22.0 Å². The lowest BCUT2D eigenvalue weighted by Gasteiger charge is -2.36. The molecule has 80 valence electrons. The van der Waals surface area contributed by atoms with E-state index in [1.807, 2.05) is 24.3 Å². The van der Waals surface area contributed by atoms with Gasteiger partial charge in [-0.05, 0) is 37.5 Å². The first kappa shape index (κ1) is 10.6. The van der Waals surface area contributed by atoms with Gasteiger partial charge in [-0.2, -0.15) is 0 Å². The zero-order valence-electron chi connectivity index (χ0n) is 8.29. The van der Waals surface area contributed by atoms with E-state index in [1.165, 1.54) is 0 Å². The third-order valence-electron chi connectivity index (χ3n) is 2.78. The number of carbonyl (C=O) groups is 1. The molecule has 1 aromatic rings. The zero-order chi connectivity index (χ0) is 10.9. The van der Waals surface area contributed by atoms with E-state index >= 15 is 0 Å². The Balaban J connectivity index is 2.06. The standard InChI is InChI=1S/C11H13BrN2O/c12-8-3-1-4-9(7-8)14-10(15)11(13)5-2-6-11/h1,3-4,7H,2,5-6,13H2,(H,14,15). The van der Waals surface area contributed by atoms with Crippen LogP contribution in [0.15, 0.2) is 28.7 Å². The summed E-state index contributed by atoms with van der Waals surface area (Å²) in [4.78, 5) is 11.8. The Hall–Kier alpha value is -0.870. The number of hydrogen-bond donors (Lipinski definition) is 2. The Kier molecular flexibility index (Phi) is 2.80. The van der Waals surface area contributed by atoms with Gasteiger partial charge in [0.15, 0.2) is 0 Å². The second kappa shape index (κ2) is 3.94. The molecule has 1 saturated carbocycles. The van der Waals surface area contributed by atoms with E-state index in [0.29, 0.717) is 0 Å². The molecule has 0 saturated heterocycles. The van der Waals surface area contributed by atoms with Crippen LogP contribution in [0.25, 0.3) is 0 Å². The summed E-state index contributed by atoms with van der Waals surface area (Å²) in [7, 11) is 0. The number of nitrogens with one attached hydrogen (secondary N) is 1. The van der Waals surface area contributed by atoms with Crippen molar-refractivity contribution in [1.29, 1.82) is 0 Å². The number of amides is 1. The number of rotatable bonds is 2. The molecule has 0 aromatic heterocycles. The maximum atomic E-state index is 11.8. The van der Waals surface area contributed by atoms with Crippen molar-refractivity contribution in [3.8, 4) is 0 Å². The molecular weight excluding hydrogens is 256 g/mol. The SMILES string of the molecule is NC1(C(=O)Nc2cccc(Br)c2)CCC1. The first-order valence-corrected chi connectivity index (χ1v) is 5.75. The average molecular weight is 269 g/mol. The lowest BCUT2D eigenvalue weighted by molar-refractivity contribution is -0.123. The number of anilines is 1. The monoisotopic (exact) mass is 268 g/mol. The van der Waals surface area contributed by atoms with Crippen molar-refractivity contribution in [2.45, 2.75) is 24.8 Å². The summed E-state index contributed by atoms with van der Waals surface area (Å²) in [6.07, 6.45) is 2.61. The van der Waals surface area contributed by atoms with Crippen LogP contribution in [0.2, 0.25) is 0 Å². The first-order valence-electron chi connectivity index (χ1n) is 4.96. The second-order valence-corrected chi connectivity index (χ2v) is 4.89. The predicted molar refractivity (Wildman–Crippen MR) is 63.5 cm³/mol. The number of nitrogens with two attached hydrogens (primary N) is 1. The highest BCUT2D eigenvalue weighted by Crippen LogP contribution is 2.30. The van der Waals surface area contributed by atoms with Gasteiger partial charge in [0.2, 0.25) is 5.91 Å². The molecule has 1 fully saturated rings. The minimum absolute atomic E-state index is 0.0770. The summed E-state index contributed by atoms with van der Waals surface area (Å²) >= 11 is 3.35. The molecule has 3 N–H and O–H groups in total. The van der Waals surface area contributed by atoms with Crippen molar-refractivity contribution in [2.75, 3.05) is 5.32 Å². The Morgan fingerprint density at radius 3 is 2.73 bits per heavy atom. The van der Waals surface area contributed by atoms with Gasteiger partial charge < -0.3 is 11.1 Å². The van der Waals surface area contributed by atoms with Crippen molar-refractivity contribution in [3.05, 3.63) is 28.7 Å². The highest BCUT2D eigenvalue weighted by atomic mass is 79.9. The fourth-order valence-electron chi connectivity index (χ4n) is 1.61. The van der Waals surface area contributed by atoms with Crippen LogP contribution >= 0.6 is 15.9 Å². The van der Waals surface area contributed by atoms with Gasteiger partial charge in [0, 0.05) is 10.2 Å². The topological polar surface area (TPSA) is 55.1 Å². The van der Waals surface area contributed by atoms with Gasteiger partial charge in [0.25, 0.3) is 0 Å². The highest BCUT2D eigenvalue weighted by Gasteiger charge is 2.40. The number of halogens is 1. The third-order valence-corrected chi connectivity index (χ3v) is 3.27. The molecule has 0 heterocycles. The van der Waals surface area contributed by atoms with E-state index < -0.39 is 5.54 Å². The first-order chi connectivity index (χ1) is 7.10. The van der Waals surface area contributed by atoms with Gasteiger partial charge in [0.05, 0.1) is 5.54 Å². The van der Waals surface area contributed by atoms with E-state index in [-0.39, 0.29) is 5.91 Å². The van der Waals surface area contributed by atoms with Crippen LogP contribution in [0.3, 0.4) is 0 Å². The summed E-state index contributed by atoms with van der Waals surface area (Å²) in [5.74, 6) is -0.0770. The number of carbonyl (C=O) groups excluding carboxylic acids is 1. The van der Waals surface area contributed by atoms with Gasteiger partial charge in [-0.3, -0.25) is 4.79 Å². The molecule has 0 atom stereocenters. The van der Waals surface area contributed by atoms with Crippen LogP contribution in [-0.2, 0) is 4.79 Å². The highest BCUT2D eigenvalue weighted by molar-refractivity contribution is 9.10. The van der Waals surface area contributed by atoms with E-state index in [4.69, 9.17) is 5.73 Å². The summed E-state index contributed by atoms with van der Waals surface area (Å²) in [5, 5.41) is 2.83. The largest absolute Gasteiger partial charge is 0.324 e. The summed E-state index contributed by atoms with van der Waals surface area (Å²) in [5.41, 5.74) is 6.06. The van der Waals surface area contributed by atoms with Crippen molar-refractivity contribution >= 4 is 27.5 Å². The van der Waals surface area contributed by atoms with Crippen molar-refractivity contribution in [3.63, 3.8) is 0 Å². The van der Waals surface area contributed by atoms with Gasteiger partial charge in [0.1, 0.15) is 0 Å². The Labute approximate surface area is 97.2 Å². The Bertz CT molecular complexity index is 388. The second-order valence-electron chi connectivity index (χ2n) is 3.97. The smallest absolute Gasteiger partial charge is 0.244 e. The van der Waals surface area contributed by atoms with Crippen LogP contribution < -0.4 is 11.1 Å². The molecule has 15 heavy (non-hydrogen) atoms. The van der Waals surface area contributed by atoms with Crippen LogP contribution in [0, 0.1) is 0 Å². The predicted octanol–water partition coefficient (Wildman–Crippen LogP) is 2.27. The number of benzene rings is 1. The molecule has 1 aromatic carbocycles. The van der Waals surface area contributed by atoms with Crippen LogP contribution in [0.5, 0.6) is 0 Å². The van der Waals surface area contributed by atoms with E-state index in [1.54, 1.807) is 0 Å². The van der Waals surface area contributed by atoms with E-state index in [0.717, 1.165) is 29.4 Å². The van der Waals surface area contributed by atoms with Gasteiger partial charge >= 0.3 is 0 Å². The summed E-state index contributed by atoms with van der Waals surface area (Å²) < 4.78 is 0.944. The maximum absolute atomic E-state index is 11.8. The summed E-state index contributed by atoms with van der Waals surface area (Å²) in [6, 6.07) is 7.51. The molecule has 4 heteroatoms. The molecule has 0 aliphatic heterocycles. The fraction of sp³-hybridized carbons (Fsp3) is 0.364. The Morgan fingerprint density at radius 1 is 1.47 bits per heavy atom. The maximum Gasteiger partial charge on any atom is 0.244 e. The van der Waals surface area contributed by atoms with Gasteiger partial charge in [-0.15, -0.1) is 0 Å². The molecule has 1 amide bonds. The minimum atomic E-state index is -0.637. The molecule has 2 rings (SSSR count). The minimum Gasteiger partial charge on any atom is -0.324 e. The average Bonchev–Trinajstić information content (AvgIpc) is 2.14. The van der Waals surface area contributed by atoms with Crippen LogP contribution in [-0.4, -0.2) is 11.4 Å². The molecule has 0 unspecified atom stereocenters. The van der Waals surface area contributed by atoms with E-state index in [2.05, 4.69) is 21.2 Å². The Morgan fingerprint density at radius 2 is 2.20 bits per heavy atom. The molecule has 1 aliphatic carbocycles. The van der Waals surface area contributed by atoms with E-state index in [9.17, 15) is 4.79 Å². The molecular formula is C11H13BrN2O. The molecule has 1 aliphatic rings. The number of hydrogen-bond acceptors (Lipinski definition) is 2. The van der Waals surface area contributed by atoms with Crippen LogP contribution in [0.1, 0.15) is 19.3 Å². The lowest BCUT2D eigenvalue weighted by Crippen LogP contribution is -2.56. The van der Waals surface area contributed by atoms with Crippen molar-refractivity contribution < 1.29 is 4.79 Å². The quantitative estimate of drug-likeness (QED) is 0.865. The van der Waals surface area contributed by atoms with Crippen molar-refractivity contribution in [2.24, 2.45) is 5.73 Å². The lowest BCUT2D eigenvalue weighted by atomic mass is 9.77. The fourth-order valence-corrected chi connectivity index (χ4v) is 2.01. The molecule has 3 nitrogen and oxygen atoms in total. The van der Waals surface area contributed by atoms with Crippen molar-refractivity contribution in [1.82, 2.24) is 0 Å². The molecule has 0 bridgehead atoms. The zero-order valence-corrected chi connectivity index (χ0v) is 9.88. The third kappa shape index (κ3) is 2.21.